The topological polar surface area (TPSA) is 29.5 Å². The highest BCUT2D eigenvalue weighted by Crippen LogP contribution is 2.14. The number of hydrogen-bond acceptors (Lipinski definition) is 2. The molecule has 76 valence electrons. The molecule has 0 aliphatic rings. The fraction of sp³-hybridized carbons (Fsp3) is 0.333. The van der Waals surface area contributed by atoms with Gasteiger partial charge in [-0.25, -0.2) is 0 Å². The fourth-order valence-electron chi connectivity index (χ4n) is 0.960. The summed E-state index contributed by atoms with van der Waals surface area (Å²) < 4.78 is 5.39. The predicted octanol–water partition coefficient (Wildman–Crippen LogP) is 2.48. The van der Waals surface area contributed by atoms with Crippen LogP contribution in [0.25, 0.3) is 6.08 Å². The molecule has 0 atom stereocenters. The second kappa shape index (κ2) is 4.29. The molecule has 14 heavy (non-hydrogen) atoms. The normalized spacial score (nSPS) is 11.1. The van der Waals surface area contributed by atoms with Crippen LogP contribution in [0.4, 0.5) is 0 Å². The fourth-order valence-corrected chi connectivity index (χ4v) is 0.960. The summed E-state index contributed by atoms with van der Waals surface area (Å²) in [4.78, 5) is 0. The minimum absolute atomic E-state index is 0.292. The Kier molecular flexibility index (Phi) is 3.31. The van der Waals surface area contributed by atoms with E-state index in [0.29, 0.717) is 6.61 Å². The monoisotopic (exact) mass is 192 g/mol. The Bertz CT molecular complexity index is 293. The summed E-state index contributed by atoms with van der Waals surface area (Å²) in [6, 6.07) is 7.57. The van der Waals surface area contributed by atoms with Gasteiger partial charge in [-0.2, -0.15) is 0 Å². The first-order valence-electron chi connectivity index (χ1n) is 4.59. The summed E-state index contributed by atoms with van der Waals surface area (Å²) in [5.74, 6) is 0.762. The van der Waals surface area contributed by atoms with Crippen LogP contribution in [0.3, 0.4) is 0 Å². The Morgan fingerprint density at radius 2 is 1.93 bits per heavy atom. The molecule has 0 amide bonds. The van der Waals surface area contributed by atoms with E-state index in [1.54, 1.807) is 19.9 Å². The van der Waals surface area contributed by atoms with Crippen molar-refractivity contribution >= 4 is 6.08 Å². The van der Waals surface area contributed by atoms with Crippen molar-refractivity contribution in [3.63, 3.8) is 0 Å². The van der Waals surface area contributed by atoms with Crippen LogP contribution in [0, 0.1) is 0 Å². The molecule has 0 heterocycles. The van der Waals surface area contributed by atoms with Crippen LogP contribution in [0.1, 0.15) is 19.4 Å². The van der Waals surface area contributed by atoms with E-state index < -0.39 is 5.60 Å². The highest BCUT2D eigenvalue weighted by molar-refractivity contribution is 5.48. The molecule has 0 bridgehead atoms. The average molecular weight is 192 g/mol. The van der Waals surface area contributed by atoms with Crippen LogP contribution in [-0.2, 0) is 0 Å². The lowest BCUT2D eigenvalue weighted by Crippen LogP contribution is -2.27. The van der Waals surface area contributed by atoms with Crippen molar-refractivity contribution in [2.24, 2.45) is 0 Å². The highest BCUT2D eigenvalue weighted by Gasteiger charge is 2.12. The van der Waals surface area contributed by atoms with Crippen molar-refractivity contribution in [2.75, 3.05) is 6.61 Å². The Balaban J connectivity index is 2.56. The summed E-state index contributed by atoms with van der Waals surface area (Å²) in [6.07, 6.45) is 1.78. The SMILES string of the molecule is C=Cc1ccc(OCC(C)(C)O)cc1. The zero-order valence-corrected chi connectivity index (χ0v) is 8.66. The number of hydrogen-bond donors (Lipinski definition) is 1. The average Bonchev–Trinajstić information content (AvgIpc) is 2.14. The van der Waals surface area contributed by atoms with Gasteiger partial charge in [-0.3, -0.25) is 0 Å². The molecule has 1 aromatic carbocycles. The van der Waals surface area contributed by atoms with Crippen LogP contribution in [0.15, 0.2) is 30.8 Å². The molecule has 0 unspecified atom stereocenters. The second-order valence-corrected chi connectivity index (χ2v) is 3.87. The van der Waals surface area contributed by atoms with E-state index in [2.05, 4.69) is 6.58 Å². The molecule has 1 N–H and O–H groups in total. The van der Waals surface area contributed by atoms with Crippen molar-refractivity contribution in [3.8, 4) is 5.75 Å². The van der Waals surface area contributed by atoms with Gasteiger partial charge in [-0.05, 0) is 31.5 Å². The Labute approximate surface area is 84.8 Å². The third kappa shape index (κ3) is 3.62. The maximum Gasteiger partial charge on any atom is 0.119 e. The first-order valence-corrected chi connectivity index (χ1v) is 4.59. The molecular weight excluding hydrogens is 176 g/mol. The zero-order chi connectivity index (χ0) is 10.6. The summed E-state index contributed by atoms with van der Waals surface area (Å²) >= 11 is 0. The molecular formula is C12H16O2. The van der Waals surface area contributed by atoms with Gasteiger partial charge in [0.15, 0.2) is 0 Å². The lowest BCUT2D eigenvalue weighted by Gasteiger charge is -2.17. The largest absolute Gasteiger partial charge is 0.491 e. The van der Waals surface area contributed by atoms with Gasteiger partial charge in [-0.15, -0.1) is 0 Å². The van der Waals surface area contributed by atoms with Gasteiger partial charge >= 0.3 is 0 Å². The molecule has 0 fully saturated rings. The van der Waals surface area contributed by atoms with E-state index in [-0.39, 0.29) is 0 Å². The molecule has 0 aromatic heterocycles. The van der Waals surface area contributed by atoms with Gasteiger partial charge < -0.3 is 9.84 Å². The molecule has 2 nitrogen and oxygen atoms in total. The molecule has 0 aliphatic carbocycles. The van der Waals surface area contributed by atoms with E-state index in [0.717, 1.165) is 11.3 Å². The molecule has 0 aliphatic heterocycles. The van der Waals surface area contributed by atoms with E-state index in [9.17, 15) is 5.11 Å². The van der Waals surface area contributed by atoms with Gasteiger partial charge in [0.2, 0.25) is 0 Å². The van der Waals surface area contributed by atoms with Crippen LogP contribution >= 0.6 is 0 Å². The Hall–Kier alpha value is -1.28. The van der Waals surface area contributed by atoms with Gasteiger partial charge in [-0.1, -0.05) is 24.8 Å². The molecule has 0 saturated carbocycles. The van der Waals surface area contributed by atoms with Gasteiger partial charge in [0.05, 0.1) is 5.60 Å². The van der Waals surface area contributed by atoms with Crippen LogP contribution in [-0.4, -0.2) is 17.3 Å². The van der Waals surface area contributed by atoms with Crippen molar-refractivity contribution < 1.29 is 9.84 Å². The summed E-state index contributed by atoms with van der Waals surface area (Å²) in [5.41, 5.74) is 0.262. The predicted molar refractivity (Wildman–Crippen MR) is 58.3 cm³/mol. The molecule has 0 radical (unpaired) electrons. The van der Waals surface area contributed by atoms with Crippen molar-refractivity contribution in [1.82, 2.24) is 0 Å². The maximum absolute atomic E-state index is 9.44. The quantitative estimate of drug-likeness (QED) is 0.794. The maximum atomic E-state index is 9.44. The van der Waals surface area contributed by atoms with E-state index in [1.807, 2.05) is 24.3 Å². The van der Waals surface area contributed by atoms with Gasteiger partial charge in [0, 0.05) is 0 Å². The molecule has 0 saturated heterocycles. The van der Waals surface area contributed by atoms with Crippen LogP contribution < -0.4 is 4.74 Å². The van der Waals surface area contributed by atoms with Gasteiger partial charge in [0.25, 0.3) is 0 Å². The van der Waals surface area contributed by atoms with Crippen LogP contribution in [0.2, 0.25) is 0 Å². The van der Waals surface area contributed by atoms with Crippen LogP contribution in [0.5, 0.6) is 5.75 Å². The zero-order valence-electron chi connectivity index (χ0n) is 8.66. The molecule has 2 heteroatoms. The standard InChI is InChI=1S/C12H16O2/c1-4-10-5-7-11(8-6-10)14-9-12(2,3)13/h4-8,13H,1,9H2,2-3H3. The van der Waals surface area contributed by atoms with Crippen molar-refractivity contribution in [1.29, 1.82) is 0 Å². The van der Waals surface area contributed by atoms with Crippen molar-refractivity contribution in [2.45, 2.75) is 19.4 Å². The van der Waals surface area contributed by atoms with E-state index in [1.165, 1.54) is 0 Å². The molecule has 1 aromatic rings. The number of aliphatic hydroxyl groups is 1. The molecule has 0 spiro atoms. The summed E-state index contributed by atoms with van der Waals surface area (Å²) in [6.45, 7) is 7.38. The third-order valence-corrected chi connectivity index (χ3v) is 1.71. The highest BCUT2D eigenvalue weighted by atomic mass is 16.5. The first-order chi connectivity index (χ1) is 6.51. The van der Waals surface area contributed by atoms with E-state index >= 15 is 0 Å². The minimum Gasteiger partial charge on any atom is -0.491 e. The van der Waals surface area contributed by atoms with Gasteiger partial charge in [0.1, 0.15) is 12.4 Å². The minimum atomic E-state index is -0.795. The lowest BCUT2D eigenvalue weighted by atomic mass is 10.1. The lowest BCUT2D eigenvalue weighted by molar-refractivity contribution is 0.0285. The van der Waals surface area contributed by atoms with E-state index in [4.69, 9.17) is 4.74 Å². The smallest absolute Gasteiger partial charge is 0.119 e. The molecule has 1 rings (SSSR count). The number of ether oxygens (including phenoxy) is 1. The summed E-state index contributed by atoms with van der Waals surface area (Å²) in [7, 11) is 0. The van der Waals surface area contributed by atoms with Crippen molar-refractivity contribution in [3.05, 3.63) is 36.4 Å². The number of benzene rings is 1. The Morgan fingerprint density at radius 3 is 2.36 bits per heavy atom. The Morgan fingerprint density at radius 1 is 1.36 bits per heavy atom. The number of rotatable bonds is 4. The second-order valence-electron chi connectivity index (χ2n) is 3.87. The first kappa shape index (κ1) is 10.8. The summed E-state index contributed by atoms with van der Waals surface area (Å²) in [5, 5.41) is 9.44. The third-order valence-electron chi connectivity index (χ3n) is 1.71.